The lowest BCUT2D eigenvalue weighted by Gasteiger charge is -2.21. The summed E-state index contributed by atoms with van der Waals surface area (Å²) < 4.78 is 26.5. The summed E-state index contributed by atoms with van der Waals surface area (Å²) in [6.45, 7) is 1.77. The van der Waals surface area contributed by atoms with E-state index in [-0.39, 0.29) is 11.1 Å². The molecule has 0 aliphatic carbocycles. The van der Waals surface area contributed by atoms with Crippen molar-refractivity contribution in [2.24, 2.45) is 0 Å². The Kier molecular flexibility index (Phi) is 3.42. The first-order valence-electron chi connectivity index (χ1n) is 4.13. The lowest BCUT2D eigenvalue weighted by molar-refractivity contribution is 0.194. The summed E-state index contributed by atoms with van der Waals surface area (Å²) in [6, 6.07) is 5.53. The molecular weight excluding hydrogens is 238 g/mol. The molecule has 0 unspecified atom stereocenters. The lowest BCUT2D eigenvalue weighted by Crippen LogP contribution is -2.20. The predicted octanol–water partition coefficient (Wildman–Crippen LogP) is 3.80. The summed E-state index contributed by atoms with van der Waals surface area (Å²) in [5.74, 6) is -0.336. The fraction of sp³-hybridized carbons (Fsp3) is 0.400. The Labute approximate surface area is 85.1 Å². The van der Waals surface area contributed by atoms with Crippen LogP contribution in [0.1, 0.15) is 18.9 Å². The number of halogens is 3. The normalized spacial score (nSPS) is 15.4. The number of benzene rings is 1. The summed E-state index contributed by atoms with van der Waals surface area (Å²) >= 11 is 3.12. The zero-order valence-electron chi connectivity index (χ0n) is 7.36. The minimum atomic E-state index is -1.38. The molecular formula is C10H11BrF2. The molecule has 0 spiro atoms. The highest BCUT2D eigenvalue weighted by Gasteiger charge is 2.28. The Balaban J connectivity index is 2.99. The van der Waals surface area contributed by atoms with E-state index in [1.807, 2.05) is 0 Å². The third-order valence-corrected chi connectivity index (χ3v) is 3.02. The van der Waals surface area contributed by atoms with Gasteiger partial charge in [-0.05, 0) is 24.1 Å². The van der Waals surface area contributed by atoms with Crippen LogP contribution in [0.2, 0.25) is 0 Å². The summed E-state index contributed by atoms with van der Waals surface area (Å²) in [5.41, 5.74) is -0.860. The highest BCUT2D eigenvalue weighted by molar-refractivity contribution is 9.09. The Hall–Kier alpha value is -0.440. The van der Waals surface area contributed by atoms with Gasteiger partial charge < -0.3 is 0 Å². The molecule has 0 heterocycles. The van der Waals surface area contributed by atoms with Crippen molar-refractivity contribution in [1.29, 1.82) is 0 Å². The van der Waals surface area contributed by atoms with E-state index in [4.69, 9.17) is 0 Å². The quantitative estimate of drug-likeness (QED) is 0.715. The van der Waals surface area contributed by atoms with Crippen molar-refractivity contribution in [2.45, 2.75) is 19.0 Å². The van der Waals surface area contributed by atoms with Crippen LogP contribution >= 0.6 is 15.9 Å². The highest BCUT2D eigenvalue weighted by Crippen LogP contribution is 2.31. The molecule has 0 N–H and O–H groups in total. The molecule has 13 heavy (non-hydrogen) atoms. The molecule has 0 radical (unpaired) electrons. The van der Waals surface area contributed by atoms with Gasteiger partial charge >= 0.3 is 0 Å². The summed E-state index contributed by atoms with van der Waals surface area (Å²) in [6.07, 6.45) is 0.379. The molecule has 0 bridgehead atoms. The van der Waals surface area contributed by atoms with Gasteiger partial charge in [-0.1, -0.05) is 35.0 Å². The van der Waals surface area contributed by atoms with Gasteiger partial charge in [-0.25, -0.2) is 8.78 Å². The van der Waals surface area contributed by atoms with Crippen molar-refractivity contribution in [1.82, 2.24) is 0 Å². The average molecular weight is 249 g/mol. The number of rotatable bonds is 3. The molecule has 0 aliphatic heterocycles. The Bertz CT molecular complexity index is 265. The van der Waals surface area contributed by atoms with Crippen LogP contribution in [0, 0.1) is 5.82 Å². The van der Waals surface area contributed by atoms with Crippen molar-refractivity contribution >= 4 is 15.9 Å². The SMILES string of the molecule is CC[C@@](F)(CBr)c1ccc(F)cc1. The van der Waals surface area contributed by atoms with E-state index >= 15 is 0 Å². The standard InChI is InChI=1S/C10H11BrF2/c1-2-10(13,7-11)8-3-5-9(12)6-4-8/h3-6H,2,7H2,1H3/t10-/m1/s1. The van der Waals surface area contributed by atoms with Crippen LogP contribution in [0.5, 0.6) is 0 Å². The van der Waals surface area contributed by atoms with E-state index in [0.717, 1.165) is 0 Å². The highest BCUT2D eigenvalue weighted by atomic mass is 79.9. The molecule has 1 rings (SSSR count). The summed E-state index contributed by atoms with van der Waals surface area (Å²) in [4.78, 5) is 0. The van der Waals surface area contributed by atoms with E-state index in [1.54, 1.807) is 6.92 Å². The first-order chi connectivity index (χ1) is 6.12. The molecule has 0 aliphatic rings. The molecule has 0 aromatic heterocycles. The van der Waals surface area contributed by atoms with Gasteiger partial charge in [0.15, 0.2) is 0 Å². The van der Waals surface area contributed by atoms with Crippen LogP contribution in [-0.2, 0) is 5.67 Å². The lowest BCUT2D eigenvalue weighted by atomic mass is 9.95. The zero-order chi connectivity index (χ0) is 9.90. The first-order valence-corrected chi connectivity index (χ1v) is 5.25. The van der Waals surface area contributed by atoms with Crippen molar-refractivity contribution in [3.63, 3.8) is 0 Å². The third-order valence-electron chi connectivity index (χ3n) is 2.13. The fourth-order valence-electron chi connectivity index (χ4n) is 1.12. The molecule has 1 aromatic rings. The summed E-state index contributed by atoms with van der Waals surface area (Å²) in [5, 5.41) is 0.238. The van der Waals surface area contributed by atoms with Crippen molar-refractivity contribution in [3.05, 3.63) is 35.6 Å². The molecule has 0 saturated carbocycles. The first kappa shape index (κ1) is 10.6. The summed E-state index contributed by atoms with van der Waals surface area (Å²) in [7, 11) is 0. The average Bonchev–Trinajstić information content (AvgIpc) is 2.18. The molecule has 1 atom stereocenters. The van der Waals surface area contributed by atoms with Crippen LogP contribution in [0.3, 0.4) is 0 Å². The minimum Gasteiger partial charge on any atom is -0.238 e. The predicted molar refractivity (Wildman–Crippen MR) is 53.3 cm³/mol. The zero-order valence-corrected chi connectivity index (χ0v) is 8.94. The number of hydrogen-bond acceptors (Lipinski definition) is 0. The van der Waals surface area contributed by atoms with Gasteiger partial charge in [0, 0.05) is 5.33 Å². The second-order valence-electron chi connectivity index (χ2n) is 2.96. The third kappa shape index (κ3) is 2.27. The monoisotopic (exact) mass is 248 g/mol. The molecule has 0 saturated heterocycles. The maximum atomic E-state index is 13.9. The molecule has 0 fully saturated rings. The molecule has 0 nitrogen and oxygen atoms in total. The van der Waals surface area contributed by atoms with Gasteiger partial charge in [-0.15, -0.1) is 0 Å². The van der Waals surface area contributed by atoms with Crippen LogP contribution in [0.4, 0.5) is 8.78 Å². The van der Waals surface area contributed by atoms with Gasteiger partial charge in [-0.2, -0.15) is 0 Å². The van der Waals surface area contributed by atoms with Gasteiger partial charge in [0.1, 0.15) is 11.5 Å². The van der Waals surface area contributed by atoms with Crippen LogP contribution in [-0.4, -0.2) is 5.33 Å². The maximum absolute atomic E-state index is 13.9. The van der Waals surface area contributed by atoms with E-state index in [2.05, 4.69) is 15.9 Å². The van der Waals surface area contributed by atoms with Crippen molar-refractivity contribution in [3.8, 4) is 0 Å². The smallest absolute Gasteiger partial charge is 0.145 e. The number of alkyl halides is 2. The second kappa shape index (κ2) is 4.18. The van der Waals surface area contributed by atoms with Crippen LogP contribution in [0.15, 0.2) is 24.3 Å². The molecule has 3 heteroatoms. The van der Waals surface area contributed by atoms with E-state index in [1.165, 1.54) is 24.3 Å². The van der Waals surface area contributed by atoms with E-state index in [0.29, 0.717) is 12.0 Å². The van der Waals surface area contributed by atoms with Gasteiger partial charge in [-0.3, -0.25) is 0 Å². The van der Waals surface area contributed by atoms with E-state index in [9.17, 15) is 8.78 Å². The second-order valence-corrected chi connectivity index (χ2v) is 3.52. The molecule has 1 aromatic carbocycles. The molecule has 72 valence electrons. The minimum absolute atomic E-state index is 0.238. The molecule has 0 amide bonds. The van der Waals surface area contributed by atoms with Crippen LogP contribution in [0.25, 0.3) is 0 Å². The Morgan fingerprint density at radius 2 is 1.85 bits per heavy atom. The van der Waals surface area contributed by atoms with Crippen molar-refractivity contribution in [2.75, 3.05) is 5.33 Å². The fourth-order valence-corrected chi connectivity index (χ4v) is 1.84. The maximum Gasteiger partial charge on any atom is 0.145 e. The Morgan fingerprint density at radius 3 is 2.23 bits per heavy atom. The van der Waals surface area contributed by atoms with Gasteiger partial charge in [0.25, 0.3) is 0 Å². The van der Waals surface area contributed by atoms with Gasteiger partial charge in [0.2, 0.25) is 0 Å². The van der Waals surface area contributed by atoms with Crippen LogP contribution < -0.4 is 0 Å². The van der Waals surface area contributed by atoms with Crippen molar-refractivity contribution < 1.29 is 8.78 Å². The largest absolute Gasteiger partial charge is 0.238 e. The topological polar surface area (TPSA) is 0 Å². The number of hydrogen-bond donors (Lipinski definition) is 0. The van der Waals surface area contributed by atoms with Gasteiger partial charge in [0.05, 0.1) is 0 Å². The van der Waals surface area contributed by atoms with E-state index < -0.39 is 5.67 Å². The Morgan fingerprint density at radius 1 is 1.31 bits per heavy atom.